The van der Waals surface area contributed by atoms with Gasteiger partial charge < -0.3 is 10.1 Å². The van der Waals surface area contributed by atoms with Crippen LogP contribution in [0.25, 0.3) is 0 Å². The Morgan fingerprint density at radius 2 is 1.55 bits per heavy atom. The molecular weight excluding hydrogens is 480 g/mol. The van der Waals surface area contributed by atoms with Crippen molar-refractivity contribution in [1.29, 1.82) is 0 Å². The van der Waals surface area contributed by atoms with E-state index in [9.17, 15) is 19.2 Å². The average molecular weight is 511 g/mol. The van der Waals surface area contributed by atoms with Gasteiger partial charge in [-0.15, -0.1) is 0 Å². The highest BCUT2D eigenvalue weighted by Crippen LogP contribution is 2.45. The quantitative estimate of drug-likeness (QED) is 0.352. The largest absolute Gasteiger partial charge is 0.452 e. The minimum atomic E-state index is -0.658. The molecule has 0 unspecified atom stereocenters. The second-order valence-corrected chi connectivity index (χ2v) is 9.83. The maximum Gasteiger partial charge on any atom is 0.338 e. The second kappa shape index (κ2) is 11.0. The molecule has 7 heteroatoms. The van der Waals surface area contributed by atoms with Crippen molar-refractivity contribution in [3.05, 3.63) is 95.6 Å². The van der Waals surface area contributed by atoms with Crippen LogP contribution in [0, 0.1) is 11.8 Å². The molecule has 194 valence electrons. The van der Waals surface area contributed by atoms with E-state index in [1.54, 1.807) is 18.2 Å². The Hall–Kier alpha value is -4.26. The topological polar surface area (TPSA) is 92.8 Å². The van der Waals surface area contributed by atoms with Crippen LogP contribution < -0.4 is 10.2 Å². The van der Waals surface area contributed by atoms with Crippen molar-refractivity contribution in [2.24, 2.45) is 11.8 Å². The zero-order chi connectivity index (χ0) is 26.6. The number of carbonyl (C=O) groups is 4. The molecule has 0 aromatic heterocycles. The number of nitrogens with one attached hydrogen (secondary N) is 1. The highest BCUT2D eigenvalue weighted by molar-refractivity contribution is 6.22. The first-order chi connectivity index (χ1) is 18.5. The van der Waals surface area contributed by atoms with Gasteiger partial charge in [-0.3, -0.25) is 19.3 Å². The van der Waals surface area contributed by atoms with Crippen molar-refractivity contribution in [2.75, 3.05) is 16.8 Å². The summed E-state index contributed by atoms with van der Waals surface area (Å²) in [7, 11) is 0. The number of aryl methyl sites for hydroxylation is 1. The van der Waals surface area contributed by atoms with Crippen LogP contribution in [0.1, 0.15) is 53.6 Å². The maximum absolute atomic E-state index is 13.3. The summed E-state index contributed by atoms with van der Waals surface area (Å²) in [5.41, 5.74) is 3.56. The number of rotatable bonds is 7. The summed E-state index contributed by atoms with van der Waals surface area (Å²) in [5, 5.41) is 2.76. The average Bonchev–Trinajstić information content (AvgIpc) is 3.21. The van der Waals surface area contributed by atoms with Gasteiger partial charge in [0.25, 0.3) is 5.91 Å². The number of benzene rings is 3. The molecule has 1 heterocycles. The van der Waals surface area contributed by atoms with Gasteiger partial charge in [0.2, 0.25) is 11.8 Å². The van der Waals surface area contributed by atoms with Crippen molar-refractivity contribution in [2.45, 2.75) is 38.5 Å². The minimum Gasteiger partial charge on any atom is -0.452 e. The Kier molecular flexibility index (Phi) is 7.36. The number of hydrogen-bond donors (Lipinski definition) is 1. The molecule has 0 spiro atoms. The third-order valence-electron chi connectivity index (χ3n) is 7.56. The summed E-state index contributed by atoms with van der Waals surface area (Å²) in [5.74, 6) is -1.81. The molecule has 3 amide bonds. The zero-order valence-electron chi connectivity index (χ0n) is 21.3. The Labute approximate surface area is 221 Å². The summed E-state index contributed by atoms with van der Waals surface area (Å²) in [4.78, 5) is 52.5. The lowest BCUT2D eigenvalue weighted by Crippen LogP contribution is -2.30. The molecule has 3 atom stereocenters. The first kappa shape index (κ1) is 25.4. The molecule has 1 saturated carbocycles. The number of amides is 3. The van der Waals surface area contributed by atoms with E-state index in [1.807, 2.05) is 43.3 Å². The normalized spacial score (nSPS) is 20.7. The predicted molar refractivity (Wildman–Crippen MR) is 144 cm³/mol. The first-order valence-corrected chi connectivity index (χ1v) is 13.0. The molecule has 1 aliphatic heterocycles. The van der Waals surface area contributed by atoms with Crippen LogP contribution in [0.2, 0.25) is 0 Å². The summed E-state index contributed by atoms with van der Waals surface area (Å²) < 4.78 is 5.18. The molecule has 7 nitrogen and oxygen atoms in total. The standard InChI is InChI=1S/C31H30N2O5/c1-2-20-8-6-7-11-27(20)32-28(34)19-38-31(37)22-12-15-24(16-13-22)33-29(35)25-17-14-23(18-26(25)30(33)36)21-9-4-3-5-10-21/h3-13,15-16,23,25-26H,2,14,17-19H2,1H3,(H,32,34)/t23-,25-,26-/m1/s1. The molecule has 0 radical (unpaired) electrons. The van der Waals surface area contributed by atoms with E-state index in [-0.39, 0.29) is 35.1 Å². The number of imide groups is 1. The van der Waals surface area contributed by atoms with E-state index in [0.717, 1.165) is 18.4 Å². The van der Waals surface area contributed by atoms with E-state index < -0.39 is 18.5 Å². The van der Waals surface area contributed by atoms with Gasteiger partial charge >= 0.3 is 5.97 Å². The fraction of sp³-hybridized carbons (Fsp3) is 0.290. The van der Waals surface area contributed by atoms with Gasteiger partial charge in [-0.1, -0.05) is 55.5 Å². The lowest BCUT2D eigenvalue weighted by atomic mass is 9.73. The van der Waals surface area contributed by atoms with Crippen LogP contribution in [-0.2, 0) is 25.5 Å². The third-order valence-corrected chi connectivity index (χ3v) is 7.56. The number of para-hydroxylation sites is 1. The SMILES string of the molecule is CCc1ccccc1NC(=O)COC(=O)c1ccc(N2C(=O)[C@@H]3CC[C@@H](c4ccccc4)C[C@H]3C2=O)cc1. The van der Waals surface area contributed by atoms with Gasteiger partial charge in [-0.05, 0) is 73.1 Å². The molecule has 1 N–H and O–H groups in total. The highest BCUT2D eigenvalue weighted by atomic mass is 16.5. The van der Waals surface area contributed by atoms with Crippen LogP contribution in [0.15, 0.2) is 78.9 Å². The van der Waals surface area contributed by atoms with Crippen molar-refractivity contribution in [3.63, 3.8) is 0 Å². The molecule has 5 rings (SSSR count). The third kappa shape index (κ3) is 5.09. The molecule has 1 saturated heterocycles. The highest BCUT2D eigenvalue weighted by Gasteiger charge is 2.50. The van der Waals surface area contributed by atoms with Crippen molar-refractivity contribution in [3.8, 4) is 0 Å². The van der Waals surface area contributed by atoms with Crippen molar-refractivity contribution < 1.29 is 23.9 Å². The fourth-order valence-electron chi connectivity index (χ4n) is 5.56. The van der Waals surface area contributed by atoms with Gasteiger partial charge in [-0.2, -0.15) is 0 Å². The van der Waals surface area contributed by atoms with E-state index in [1.165, 1.54) is 22.6 Å². The summed E-state index contributed by atoms with van der Waals surface area (Å²) in [6, 6.07) is 23.8. The lowest BCUT2D eigenvalue weighted by Gasteiger charge is -2.28. The Balaban J connectivity index is 1.20. The number of hydrogen-bond acceptors (Lipinski definition) is 5. The zero-order valence-corrected chi connectivity index (χ0v) is 21.3. The molecule has 1 aliphatic carbocycles. The Bertz CT molecular complexity index is 1350. The van der Waals surface area contributed by atoms with E-state index in [2.05, 4.69) is 17.4 Å². The summed E-state index contributed by atoms with van der Waals surface area (Å²) >= 11 is 0. The number of ether oxygens (including phenoxy) is 1. The molecule has 38 heavy (non-hydrogen) atoms. The van der Waals surface area contributed by atoms with Crippen LogP contribution in [0.4, 0.5) is 11.4 Å². The van der Waals surface area contributed by atoms with Gasteiger partial charge in [0.1, 0.15) is 0 Å². The Morgan fingerprint density at radius 1 is 0.868 bits per heavy atom. The predicted octanol–water partition coefficient (Wildman–Crippen LogP) is 5.12. The van der Waals surface area contributed by atoms with Crippen molar-refractivity contribution >= 4 is 35.1 Å². The van der Waals surface area contributed by atoms with Crippen LogP contribution in [0.3, 0.4) is 0 Å². The molecule has 2 fully saturated rings. The first-order valence-electron chi connectivity index (χ1n) is 13.0. The smallest absolute Gasteiger partial charge is 0.338 e. The molecule has 2 aliphatic rings. The van der Waals surface area contributed by atoms with E-state index in [0.29, 0.717) is 24.2 Å². The van der Waals surface area contributed by atoms with Gasteiger partial charge in [0.05, 0.1) is 23.1 Å². The number of anilines is 2. The summed E-state index contributed by atoms with van der Waals surface area (Å²) in [6.07, 6.45) is 2.98. The monoisotopic (exact) mass is 510 g/mol. The van der Waals surface area contributed by atoms with E-state index >= 15 is 0 Å². The van der Waals surface area contributed by atoms with Gasteiger partial charge in [0, 0.05) is 5.69 Å². The minimum absolute atomic E-state index is 0.175. The lowest BCUT2D eigenvalue weighted by molar-refractivity contribution is -0.122. The maximum atomic E-state index is 13.3. The van der Waals surface area contributed by atoms with Crippen LogP contribution in [-0.4, -0.2) is 30.3 Å². The van der Waals surface area contributed by atoms with Gasteiger partial charge in [-0.25, -0.2) is 4.79 Å². The Morgan fingerprint density at radius 3 is 2.29 bits per heavy atom. The van der Waals surface area contributed by atoms with Gasteiger partial charge in [0.15, 0.2) is 6.61 Å². The molecule has 3 aromatic carbocycles. The molecular formula is C31H30N2O5. The number of esters is 1. The van der Waals surface area contributed by atoms with Crippen molar-refractivity contribution in [1.82, 2.24) is 0 Å². The molecule has 0 bridgehead atoms. The van der Waals surface area contributed by atoms with E-state index in [4.69, 9.17) is 4.74 Å². The fourth-order valence-corrected chi connectivity index (χ4v) is 5.56. The second-order valence-electron chi connectivity index (χ2n) is 9.83. The summed E-state index contributed by atoms with van der Waals surface area (Å²) in [6.45, 7) is 1.57. The van der Waals surface area contributed by atoms with Crippen LogP contribution in [0.5, 0.6) is 0 Å². The number of carbonyl (C=O) groups excluding carboxylic acids is 4. The van der Waals surface area contributed by atoms with Crippen LogP contribution >= 0.6 is 0 Å². The molecule has 3 aromatic rings. The number of nitrogens with zero attached hydrogens (tertiary/aromatic N) is 1. The number of fused-ring (bicyclic) bond motifs is 1.